The molecule has 0 N–H and O–H groups in total. The van der Waals surface area contributed by atoms with Gasteiger partial charge < -0.3 is 105 Å². The molecule has 4 aliphatic heterocycles. The van der Waals surface area contributed by atoms with Crippen molar-refractivity contribution in [3.8, 4) is 17.2 Å². The van der Waals surface area contributed by atoms with Crippen LogP contribution >= 0.6 is 39.1 Å². The maximum absolute atomic E-state index is 13.4. The third kappa shape index (κ3) is 31.5. The lowest BCUT2D eigenvalue weighted by Gasteiger charge is -2.34. The second kappa shape index (κ2) is 54.0. The van der Waals surface area contributed by atoms with Gasteiger partial charge in [0.25, 0.3) is 0 Å². The monoisotopic (exact) mass is 1980 g/mol. The van der Waals surface area contributed by atoms with Crippen LogP contribution in [0.15, 0.2) is 225 Å². The van der Waals surface area contributed by atoms with E-state index >= 15 is 0 Å². The number of carbonyl (C=O) groups is 8. The first-order valence-corrected chi connectivity index (χ1v) is 44.0. The summed E-state index contributed by atoms with van der Waals surface area (Å²) in [6, 6.07) is 54.1. The number of hydrogen-bond donors (Lipinski definition) is 0. The third-order valence-corrected chi connectivity index (χ3v) is 23.0. The molecule has 4 aliphatic rings. The van der Waals surface area contributed by atoms with E-state index in [1.54, 1.807) is 107 Å². The summed E-state index contributed by atoms with van der Waals surface area (Å²) in [5.41, 5.74) is 10.6. The number of amides is 4. The molecule has 4 atom stereocenters. The van der Waals surface area contributed by atoms with Crippen molar-refractivity contribution < 1.29 is 124 Å². The zero-order valence-corrected chi connectivity index (χ0v) is 81.0. The van der Waals surface area contributed by atoms with Gasteiger partial charge in [0.2, 0.25) is 23.6 Å². The first-order valence-electron chi connectivity index (χ1n) is 42.4. The van der Waals surface area contributed by atoms with Gasteiger partial charge in [-0.1, -0.05) is 162 Å². The van der Waals surface area contributed by atoms with E-state index in [1.165, 1.54) is 0 Å². The topological polar surface area (TPSA) is 260 Å². The maximum Gasteiger partial charge on any atom is 0.336 e. The molecule has 11 rings (SSSR count). The number of rotatable bonds is 39. The van der Waals surface area contributed by atoms with Gasteiger partial charge in [-0.2, -0.15) is 0 Å². The lowest BCUT2D eigenvalue weighted by molar-refractivity contribution is -0.870. The molecule has 7 aromatic carbocycles. The molecule has 4 heterocycles. The highest BCUT2D eigenvalue weighted by Gasteiger charge is 2.41. The molecule has 4 amide bonds. The van der Waals surface area contributed by atoms with Crippen LogP contribution in [0.5, 0.6) is 17.2 Å². The first kappa shape index (κ1) is 105. The average molecular weight is 1980 g/mol. The fourth-order valence-electron chi connectivity index (χ4n) is 15.2. The zero-order chi connectivity index (χ0) is 92.1. The molecule has 0 aliphatic carbocycles. The van der Waals surface area contributed by atoms with E-state index in [1.807, 2.05) is 159 Å². The van der Waals surface area contributed by atoms with Crippen LogP contribution in [-0.4, -0.2) is 214 Å². The summed E-state index contributed by atoms with van der Waals surface area (Å²) >= 11 is 15.5. The van der Waals surface area contributed by atoms with Gasteiger partial charge in [-0.05, 0) is 134 Å². The van der Waals surface area contributed by atoms with E-state index in [0.717, 1.165) is 79.5 Å². The summed E-state index contributed by atoms with van der Waals surface area (Å²) in [5.74, 6) is -0.821. The second-order valence-electron chi connectivity index (χ2n) is 31.7. The van der Waals surface area contributed by atoms with Crippen molar-refractivity contribution in [2.24, 2.45) is 5.92 Å². The van der Waals surface area contributed by atoms with E-state index in [4.69, 9.17) is 80.0 Å². The van der Waals surface area contributed by atoms with Crippen LogP contribution in [0.1, 0.15) is 136 Å². The molecule has 690 valence electrons. The van der Waals surface area contributed by atoms with Crippen LogP contribution in [0.25, 0.3) is 0 Å². The molecule has 4 unspecified atom stereocenters. The molecule has 7 aromatic rings. The molecule has 0 saturated heterocycles. The highest BCUT2D eigenvalue weighted by molar-refractivity contribution is 9.10. The van der Waals surface area contributed by atoms with E-state index in [9.17, 15) is 38.4 Å². The number of allylic oxidation sites excluding steroid dienone is 4. The zero-order valence-electron chi connectivity index (χ0n) is 75.7. The van der Waals surface area contributed by atoms with Crippen molar-refractivity contribution in [2.45, 2.75) is 124 Å². The largest absolute Gasteiger partial charge is 1.00 e. The van der Waals surface area contributed by atoms with Crippen molar-refractivity contribution in [3.63, 3.8) is 0 Å². The SMILES string of the molecule is CCCC1CC(=O)N(CCOC)C(C)=C1C(=O)OCc1ccccc1OC.COCCN1C(=O)CC(c2ccc(Br)cc2)C(C(=O)OCc2ccccc2)=C1C.COCCN1C(=O)CC(c2ccc(Cl)cc2)C(C(=O)OCc2ccc(OCCC[N+](C)(C)C)cc2)=C1C.COCCOc1ccc(COC(=O)C2=C(C)N(CCOC)C(=O)CC2c2ccc(Cl)cc2)cc1.[I-]. The number of methoxy groups -OCH3 is 6. The predicted molar refractivity (Wildman–Crippen MR) is 489 cm³/mol. The summed E-state index contributed by atoms with van der Waals surface area (Å²) in [7, 11) is 16.0. The third-order valence-electron chi connectivity index (χ3n) is 22.0. The Morgan fingerprint density at radius 2 is 0.734 bits per heavy atom. The number of halogens is 4. The summed E-state index contributed by atoms with van der Waals surface area (Å²) in [4.78, 5) is 110. The van der Waals surface area contributed by atoms with Crippen molar-refractivity contribution in [3.05, 3.63) is 274 Å². The normalized spacial score (nSPS) is 16.4. The maximum atomic E-state index is 13.4. The van der Waals surface area contributed by atoms with Crippen molar-refractivity contribution in [2.75, 3.05) is 143 Å². The molecule has 0 fully saturated rings. The van der Waals surface area contributed by atoms with Gasteiger partial charge in [0.05, 0.1) is 96.7 Å². The molecule has 0 aromatic heterocycles. The summed E-state index contributed by atoms with van der Waals surface area (Å²) in [5, 5.41) is 1.19. The Kier molecular flexibility index (Phi) is 44.4. The lowest BCUT2D eigenvalue weighted by Crippen LogP contribution is -3.00. The molecule has 29 heteroatoms. The number of nitrogens with zero attached hydrogens (tertiary/aromatic N) is 5. The molecular formula is C99H121BrCl2IN5O20. The van der Waals surface area contributed by atoms with Gasteiger partial charge in [0.1, 0.15) is 50.3 Å². The smallest absolute Gasteiger partial charge is 0.336 e. The fourth-order valence-corrected chi connectivity index (χ4v) is 15.7. The molecule has 0 bridgehead atoms. The van der Waals surface area contributed by atoms with E-state index in [2.05, 4.69) is 44.0 Å². The quantitative estimate of drug-likeness (QED) is 0.0114. The second-order valence-corrected chi connectivity index (χ2v) is 33.5. The van der Waals surface area contributed by atoms with Crippen LogP contribution in [0.3, 0.4) is 0 Å². The minimum atomic E-state index is -0.451. The van der Waals surface area contributed by atoms with Crippen LogP contribution < -0.4 is 38.2 Å². The Bertz CT molecular complexity index is 4910. The van der Waals surface area contributed by atoms with Gasteiger partial charge in [-0.3, -0.25) is 19.2 Å². The summed E-state index contributed by atoms with van der Waals surface area (Å²) in [6.07, 6.45) is 3.53. The number of ether oxygens (including phenoxy) is 12. The van der Waals surface area contributed by atoms with Gasteiger partial charge in [0, 0.05) is 160 Å². The van der Waals surface area contributed by atoms with Crippen LogP contribution in [0.4, 0.5) is 0 Å². The van der Waals surface area contributed by atoms with Gasteiger partial charge >= 0.3 is 23.9 Å². The Hall–Kier alpha value is -9.79. The number of para-hydroxylation sites is 1. The van der Waals surface area contributed by atoms with Gasteiger partial charge in [0.15, 0.2) is 0 Å². The number of quaternary nitrogens is 1. The molecule has 0 saturated carbocycles. The Balaban J connectivity index is 0.000000235. The number of hydrogen-bond acceptors (Lipinski definition) is 20. The highest BCUT2D eigenvalue weighted by atomic mass is 127. The number of benzene rings is 7. The fraction of sp³-hybridized carbons (Fsp3) is 0.414. The number of carbonyl (C=O) groups excluding carboxylic acids is 8. The van der Waals surface area contributed by atoms with Crippen molar-refractivity contribution in [1.82, 2.24) is 19.6 Å². The first-order chi connectivity index (χ1) is 61.1. The number of esters is 4. The van der Waals surface area contributed by atoms with Crippen LogP contribution in [0.2, 0.25) is 10.0 Å². The summed E-state index contributed by atoms with van der Waals surface area (Å²) in [6.45, 7) is 15.6. The van der Waals surface area contributed by atoms with Gasteiger partial charge in [-0.15, -0.1) is 0 Å². The van der Waals surface area contributed by atoms with E-state index < -0.39 is 29.7 Å². The average Bonchev–Trinajstić information content (AvgIpc) is 0.796. The van der Waals surface area contributed by atoms with Crippen molar-refractivity contribution >= 4 is 86.6 Å². The van der Waals surface area contributed by atoms with Gasteiger partial charge in [-0.25, -0.2) is 19.2 Å². The molecule has 0 spiro atoms. The van der Waals surface area contributed by atoms with Crippen LogP contribution in [-0.2, 0) is 107 Å². The minimum absolute atomic E-state index is 0. The van der Waals surface area contributed by atoms with E-state index in [0.29, 0.717) is 145 Å². The standard InChI is InChI=1S/C29H38ClN2O5.C26H30ClNO6.C23H24BrNO4.C21H29NO5.HI/c1-21-28(26(23-9-11-24(30)12-10-23)19-27(33)31(21)15-18-35-5)29(34)37-20-22-7-13-25(14-8-22)36-17-6-16-32(2,3)4;1-18-25(26(30)34-17-19-4-10-22(11-5-19)33-15-14-32-3)23(20-6-8-21(27)9-7-20)16-24(29)28(18)12-13-31-2;1-16-22(23(27)29-15-17-6-4-3-5-7-17)20(18-8-10-19(24)11-9-18)14-21(26)25(16)12-13-28-2;1-5-8-16-13-19(23)22(11-12-25-3)15(2)20(16)21(24)27-14-17-9-6-7-10-18(17)26-4;/h7-14,26H,6,15-20H2,1-5H3;4-11,23H,12-17H2,1-3H3;3-11,20H,12-15H2,1-2H3;6-7,9-10,16H,5,8,11-14H2,1-4H3;1H/q+1;;;;/p-1. The Labute approximate surface area is 788 Å². The Morgan fingerprint density at radius 1 is 0.398 bits per heavy atom. The van der Waals surface area contributed by atoms with Crippen LogP contribution in [0, 0.1) is 5.92 Å². The molecular weight excluding hydrogens is 1860 g/mol. The van der Waals surface area contributed by atoms with Crippen molar-refractivity contribution in [1.29, 1.82) is 0 Å². The minimum Gasteiger partial charge on any atom is -1.00 e. The predicted octanol–water partition coefficient (Wildman–Crippen LogP) is 13.9. The molecule has 128 heavy (non-hydrogen) atoms. The Morgan fingerprint density at radius 3 is 1.11 bits per heavy atom. The highest BCUT2D eigenvalue weighted by Crippen LogP contribution is 2.42. The van der Waals surface area contributed by atoms with E-state index in [-0.39, 0.29) is 111 Å². The molecule has 25 nitrogen and oxygen atoms in total. The molecule has 0 radical (unpaired) electrons. The lowest BCUT2D eigenvalue weighted by atomic mass is 9.83. The summed E-state index contributed by atoms with van der Waals surface area (Å²) < 4.78 is 66.7.